The lowest BCUT2D eigenvalue weighted by molar-refractivity contribution is 0.169. The van der Waals surface area contributed by atoms with Gasteiger partial charge in [-0.1, -0.05) is 28.8 Å². The van der Waals surface area contributed by atoms with Gasteiger partial charge in [0.15, 0.2) is 0 Å². The summed E-state index contributed by atoms with van der Waals surface area (Å²) in [5.41, 5.74) is 1.49. The Labute approximate surface area is 129 Å². The number of hydrogen-bond donors (Lipinski definition) is 1. The molecule has 0 spiro atoms. The number of nitrogens with one attached hydrogen (secondary N) is 1. The molecule has 1 N–H and O–H groups in total. The molecule has 0 aliphatic carbocycles. The Kier molecular flexibility index (Phi) is 5.44. The molecule has 5 heteroatoms. The second kappa shape index (κ2) is 6.90. The van der Waals surface area contributed by atoms with Crippen molar-refractivity contribution in [2.24, 2.45) is 0 Å². The average Bonchev–Trinajstić information content (AvgIpc) is 2.43. The van der Waals surface area contributed by atoms with Gasteiger partial charge in [-0.3, -0.25) is 4.90 Å². The highest BCUT2D eigenvalue weighted by molar-refractivity contribution is 6.33. The van der Waals surface area contributed by atoms with Gasteiger partial charge in [0.05, 0.1) is 5.02 Å². The van der Waals surface area contributed by atoms with Crippen LogP contribution in [0.25, 0.3) is 0 Å². The van der Waals surface area contributed by atoms with Crippen LogP contribution in [-0.4, -0.2) is 31.1 Å². The average molecular weight is 317 g/mol. The molecule has 110 valence electrons. The van der Waals surface area contributed by atoms with E-state index in [2.05, 4.69) is 16.8 Å². The molecule has 20 heavy (non-hydrogen) atoms. The van der Waals surface area contributed by atoms with E-state index in [0.29, 0.717) is 17.0 Å². The van der Waals surface area contributed by atoms with Crippen molar-refractivity contribution in [3.63, 3.8) is 0 Å². The topological polar surface area (TPSA) is 15.3 Å². The summed E-state index contributed by atoms with van der Waals surface area (Å²) in [4.78, 5) is 2.24. The molecule has 0 aromatic heterocycles. The Morgan fingerprint density at radius 1 is 1.35 bits per heavy atom. The molecule has 0 bridgehead atoms. The molecule has 1 aromatic rings. The molecule has 1 aliphatic rings. The second-order valence-corrected chi connectivity index (χ2v) is 6.03. The van der Waals surface area contributed by atoms with Crippen LogP contribution < -0.4 is 5.32 Å². The van der Waals surface area contributed by atoms with Gasteiger partial charge in [0.25, 0.3) is 0 Å². The normalized spacial score (nSPS) is 18.0. The first kappa shape index (κ1) is 15.8. The fourth-order valence-corrected chi connectivity index (χ4v) is 3.02. The van der Waals surface area contributed by atoms with Crippen molar-refractivity contribution in [1.29, 1.82) is 0 Å². The van der Waals surface area contributed by atoms with Gasteiger partial charge in [0.1, 0.15) is 5.82 Å². The molecule has 0 saturated carbocycles. The summed E-state index contributed by atoms with van der Waals surface area (Å²) in [5.74, 6) is -0.413. The maximum atomic E-state index is 14.4. The van der Waals surface area contributed by atoms with Gasteiger partial charge < -0.3 is 5.32 Å². The van der Waals surface area contributed by atoms with Crippen LogP contribution in [0.4, 0.5) is 4.39 Å². The Bertz CT molecular complexity index is 499. The smallest absolute Gasteiger partial charge is 0.148 e. The van der Waals surface area contributed by atoms with E-state index >= 15 is 0 Å². The lowest BCUT2D eigenvalue weighted by Gasteiger charge is -2.36. The molecule has 2 nitrogen and oxygen atoms in total. The predicted molar refractivity (Wildman–Crippen MR) is 83.0 cm³/mol. The summed E-state index contributed by atoms with van der Waals surface area (Å²) in [7, 11) is 0. The van der Waals surface area contributed by atoms with Crippen molar-refractivity contribution in [2.75, 3.05) is 26.2 Å². The van der Waals surface area contributed by atoms with Gasteiger partial charge in [-0.05, 0) is 25.5 Å². The number of halogens is 3. The third-order valence-electron chi connectivity index (χ3n) is 3.55. The zero-order chi connectivity index (χ0) is 14.7. The summed E-state index contributed by atoms with van der Waals surface area (Å²) in [6, 6.07) is 3.05. The van der Waals surface area contributed by atoms with E-state index in [1.54, 1.807) is 6.07 Å². The molecule has 0 amide bonds. The SMILES string of the molecule is C=C(C)C[C@H](c1c(Cl)ccc(Cl)c1F)N1CCNCC1. The molecule has 1 fully saturated rings. The summed E-state index contributed by atoms with van der Waals surface area (Å²) >= 11 is 12.1. The Balaban J connectivity index is 2.40. The first-order chi connectivity index (χ1) is 9.50. The van der Waals surface area contributed by atoms with E-state index < -0.39 is 5.82 Å². The first-order valence-corrected chi connectivity index (χ1v) is 7.49. The molecular formula is C15H19Cl2FN2. The Hall–Kier alpha value is -0.610. The highest BCUT2D eigenvalue weighted by Crippen LogP contribution is 2.36. The Morgan fingerprint density at radius 3 is 2.55 bits per heavy atom. The van der Waals surface area contributed by atoms with Crippen LogP contribution >= 0.6 is 23.2 Å². The fourth-order valence-electron chi connectivity index (χ4n) is 2.59. The van der Waals surface area contributed by atoms with E-state index in [9.17, 15) is 4.39 Å². The molecule has 1 aliphatic heterocycles. The molecule has 0 radical (unpaired) electrons. The summed E-state index contributed by atoms with van der Waals surface area (Å²) in [6.07, 6.45) is 0.678. The van der Waals surface area contributed by atoms with Gasteiger partial charge in [0.2, 0.25) is 0 Å². The maximum Gasteiger partial charge on any atom is 0.148 e. The van der Waals surface area contributed by atoms with Crippen molar-refractivity contribution in [2.45, 2.75) is 19.4 Å². The molecule has 1 atom stereocenters. The minimum absolute atomic E-state index is 0.110. The molecule has 2 rings (SSSR count). The van der Waals surface area contributed by atoms with Crippen LogP contribution in [0.1, 0.15) is 24.9 Å². The van der Waals surface area contributed by atoms with Crippen molar-refractivity contribution < 1.29 is 4.39 Å². The third kappa shape index (κ3) is 3.53. The monoisotopic (exact) mass is 316 g/mol. The largest absolute Gasteiger partial charge is 0.314 e. The van der Waals surface area contributed by atoms with Gasteiger partial charge in [-0.25, -0.2) is 4.39 Å². The summed E-state index contributed by atoms with van der Waals surface area (Å²) in [5, 5.41) is 3.84. The zero-order valence-corrected chi connectivity index (χ0v) is 13.1. The van der Waals surface area contributed by atoms with Gasteiger partial charge >= 0.3 is 0 Å². The van der Waals surface area contributed by atoms with E-state index in [1.165, 1.54) is 6.07 Å². The fraction of sp³-hybridized carbons (Fsp3) is 0.467. The van der Waals surface area contributed by atoms with Crippen molar-refractivity contribution in [3.8, 4) is 0 Å². The molecule has 0 unspecified atom stereocenters. The number of nitrogens with zero attached hydrogens (tertiary/aromatic N) is 1. The summed E-state index contributed by atoms with van der Waals surface area (Å²) < 4.78 is 14.4. The number of rotatable bonds is 4. The van der Waals surface area contributed by atoms with Crippen LogP contribution in [0.3, 0.4) is 0 Å². The quantitative estimate of drug-likeness (QED) is 0.666. The highest BCUT2D eigenvalue weighted by Gasteiger charge is 2.27. The van der Waals surface area contributed by atoms with Crippen LogP contribution in [-0.2, 0) is 0 Å². The van der Waals surface area contributed by atoms with Crippen molar-refractivity contribution >= 4 is 23.2 Å². The van der Waals surface area contributed by atoms with Crippen LogP contribution in [0, 0.1) is 5.82 Å². The molecule has 1 saturated heterocycles. The second-order valence-electron chi connectivity index (χ2n) is 5.22. The van der Waals surface area contributed by atoms with E-state index in [0.717, 1.165) is 31.8 Å². The van der Waals surface area contributed by atoms with Gasteiger partial charge in [-0.2, -0.15) is 0 Å². The summed E-state index contributed by atoms with van der Waals surface area (Å²) in [6.45, 7) is 9.42. The minimum atomic E-state index is -0.413. The maximum absolute atomic E-state index is 14.4. The van der Waals surface area contributed by atoms with Crippen LogP contribution in [0.5, 0.6) is 0 Å². The first-order valence-electron chi connectivity index (χ1n) is 6.73. The number of hydrogen-bond acceptors (Lipinski definition) is 2. The van der Waals surface area contributed by atoms with Crippen molar-refractivity contribution in [3.05, 3.63) is 45.7 Å². The standard InChI is InChI=1S/C15H19Cl2FN2/c1-10(2)9-13(20-7-5-19-6-8-20)14-11(16)3-4-12(17)15(14)18/h3-4,13,19H,1,5-9H2,2H3/t13-/m1/s1. The lowest BCUT2D eigenvalue weighted by Crippen LogP contribution is -2.45. The Morgan fingerprint density at radius 2 is 1.95 bits per heavy atom. The number of piperazine rings is 1. The van der Waals surface area contributed by atoms with E-state index in [-0.39, 0.29) is 11.1 Å². The molecule has 1 heterocycles. The van der Waals surface area contributed by atoms with E-state index in [1.807, 2.05) is 6.92 Å². The van der Waals surface area contributed by atoms with Gasteiger partial charge in [0, 0.05) is 42.8 Å². The third-order valence-corrected chi connectivity index (χ3v) is 4.17. The lowest BCUT2D eigenvalue weighted by atomic mass is 9.97. The minimum Gasteiger partial charge on any atom is -0.314 e. The van der Waals surface area contributed by atoms with Crippen LogP contribution in [0.15, 0.2) is 24.3 Å². The van der Waals surface area contributed by atoms with Crippen molar-refractivity contribution in [1.82, 2.24) is 10.2 Å². The van der Waals surface area contributed by atoms with E-state index in [4.69, 9.17) is 23.2 Å². The zero-order valence-electron chi connectivity index (χ0n) is 11.6. The molecular weight excluding hydrogens is 298 g/mol. The van der Waals surface area contributed by atoms with Gasteiger partial charge in [-0.15, -0.1) is 6.58 Å². The predicted octanol–water partition coefficient (Wildman–Crippen LogP) is 4.05. The molecule has 1 aromatic carbocycles. The number of benzene rings is 1. The van der Waals surface area contributed by atoms with Crippen LogP contribution in [0.2, 0.25) is 10.0 Å². The highest BCUT2D eigenvalue weighted by atomic mass is 35.5.